The van der Waals surface area contributed by atoms with Gasteiger partial charge in [0.05, 0.1) is 9.95 Å². The summed E-state index contributed by atoms with van der Waals surface area (Å²) in [6, 6.07) is 11.2. The third kappa shape index (κ3) is 4.43. The van der Waals surface area contributed by atoms with Crippen molar-refractivity contribution in [2.24, 2.45) is 0 Å². The maximum atomic E-state index is 12.1. The van der Waals surface area contributed by atoms with Gasteiger partial charge in [0.15, 0.2) is 6.10 Å². The Kier molecular flexibility index (Phi) is 5.18. The number of carbonyl (C=O) groups is 1. The molecule has 2 aromatic carbocycles. The summed E-state index contributed by atoms with van der Waals surface area (Å²) >= 11 is 5.94. The number of non-ortho nitro benzene ring substituents is 1. The Hall–Kier alpha value is -2.60. The first-order chi connectivity index (χ1) is 10.9. The molecule has 0 aliphatic carbocycles. The van der Waals surface area contributed by atoms with Gasteiger partial charge in [-0.1, -0.05) is 23.7 Å². The predicted octanol–water partition coefficient (Wildman–Crippen LogP) is 3.96. The number of nitro groups is 1. The monoisotopic (exact) mass is 334 g/mol. The Bertz CT molecular complexity index is 749. The molecular formula is C16H15ClN2O4. The molecule has 0 aliphatic heterocycles. The molecule has 1 N–H and O–H groups in total. The van der Waals surface area contributed by atoms with E-state index in [1.165, 1.54) is 18.2 Å². The summed E-state index contributed by atoms with van der Waals surface area (Å²) in [6.07, 6.45) is -0.811. The molecule has 0 aliphatic rings. The lowest BCUT2D eigenvalue weighted by Crippen LogP contribution is -2.30. The van der Waals surface area contributed by atoms with Crippen molar-refractivity contribution in [3.63, 3.8) is 0 Å². The van der Waals surface area contributed by atoms with Gasteiger partial charge in [-0.25, -0.2) is 0 Å². The lowest BCUT2D eigenvalue weighted by atomic mass is 10.2. The molecule has 23 heavy (non-hydrogen) atoms. The molecule has 0 spiro atoms. The Morgan fingerprint density at radius 2 is 2.04 bits per heavy atom. The van der Waals surface area contributed by atoms with Gasteiger partial charge in [-0.2, -0.15) is 0 Å². The van der Waals surface area contributed by atoms with Crippen LogP contribution in [0.25, 0.3) is 0 Å². The first-order valence-electron chi connectivity index (χ1n) is 6.85. The summed E-state index contributed by atoms with van der Waals surface area (Å²) < 4.78 is 5.48. The molecule has 7 heteroatoms. The summed E-state index contributed by atoms with van der Waals surface area (Å²) in [5.41, 5.74) is 1.55. The molecule has 0 fully saturated rings. The van der Waals surface area contributed by atoms with Crippen LogP contribution in [0.3, 0.4) is 0 Å². The van der Waals surface area contributed by atoms with Gasteiger partial charge in [0.25, 0.3) is 11.6 Å². The standard InChI is InChI=1S/C16H15ClN2O4/c1-10-4-3-5-12(8-10)18-16(20)11(2)23-15-7-6-13(19(21)22)9-14(15)17/h3-9,11H,1-2H3,(H,18,20)/t11-/m1/s1. The first-order valence-corrected chi connectivity index (χ1v) is 7.23. The van der Waals surface area contributed by atoms with Crippen LogP contribution in [0.1, 0.15) is 12.5 Å². The highest BCUT2D eigenvalue weighted by Gasteiger charge is 2.18. The van der Waals surface area contributed by atoms with Crippen molar-refractivity contribution in [2.75, 3.05) is 5.32 Å². The van der Waals surface area contributed by atoms with Crippen LogP contribution >= 0.6 is 11.6 Å². The normalized spacial score (nSPS) is 11.6. The zero-order chi connectivity index (χ0) is 17.0. The molecule has 120 valence electrons. The molecular weight excluding hydrogens is 320 g/mol. The molecule has 2 rings (SSSR count). The van der Waals surface area contributed by atoms with Gasteiger partial charge in [-0.15, -0.1) is 0 Å². The van der Waals surface area contributed by atoms with E-state index in [4.69, 9.17) is 16.3 Å². The van der Waals surface area contributed by atoms with Gasteiger partial charge in [0.2, 0.25) is 0 Å². The second kappa shape index (κ2) is 7.11. The molecule has 1 atom stereocenters. The summed E-state index contributed by atoms with van der Waals surface area (Å²) in [7, 11) is 0. The highest BCUT2D eigenvalue weighted by Crippen LogP contribution is 2.29. The Morgan fingerprint density at radius 3 is 2.65 bits per heavy atom. The maximum Gasteiger partial charge on any atom is 0.271 e. The van der Waals surface area contributed by atoms with E-state index in [-0.39, 0.29) is 22.4 Å². The fourth-order valence-corrected chi connectivity index (χ4v) is 2.13. The van der Waals surface area contributed by atoms with Crippen LogP contribution in [0.5, 0.6) is 5.75 Å². The van der Waals surface area contributed by atoms with Gasteiger partial charge < -0.3 is 10.1 Å². The number of nitrogens with one attached hydrogen (secondary N) is 1. The van der Waals surface area contributed by atoms with Crippen molar-refractivity contribution in [3.05, 3.63) is 63.2 Å². The number of aryl methyl sites for hydroxylation is 1. The molecule has 6 nitrogen and oxygen atoms in total. The smallest absolute Gasteiger partial charge is 0.271 e. The number of nitrogens with zero attached hydrogens (tertiary/aromatic N) is 1. The molecule has 0 heterocycles. The first kappa shape index (κ1) is 16.8. The van der Waals surface area contributed by atoms with Crippen molar-refractivity contribution in [1.82, 2.24) is 0 Å². The number of hydrogen-bond acceptors (Lipinski definition) is 4. The highest BCUT2D eigenvalue weighted by molar-refractivity contribution is 6.32. The number of benzene rings is 2. The van der Waals surface area contributed by atoms with Gasteiger partial charge in [0, 0.05) is 17.8 Å². The van der Waals surface area contributed by atoms with E-state index in [0.29, 0.717) is 5.69 Å². The van der Waals surface area contributed by atoms with Crippen LogP contribution in [0.15, 0.2) is 42.5 Å². The van der Waals surface area contributed by atoms with E-state index in [1.54, 1.807) is 13.0 Å². The second-order valence-electron chi connectivity index (χ2n) is 4.99. The average Bonchev–Trinajstić information content (AvgIpc) is 2.49. The summed E-state index contributed by atoms with van der Waals surface area (Å²) in [5, 5.41) is 13.5. The summed E-state index contributed by atoms with van der Waals surface area (Å²) in [6.45, 7) is 3.50. The molecule has 0 radical (unpaired) electrons. The average molecular weight is 335 g/mol. The number of halogens is 1. The Labute approximate surface area is 138 Å². The van der Waals surface area contributed by atoms with Crippen molar-refractivity contribution in [2.45, 2.75) is 20.0 Å². The van der Waals surface area contributed by atoms with Crippen LogP contribution in [-0.4, -0.2) is 16.9 Å². The summed E-state index contributed by atoms with van der Waals surface area (Å²) in [4.78, 5) is 22.2. The van der Waals surface area contributed by atoms with E-state index in [0.717, 1.165) is 5.56 Å². The van der Waals surface area contributed by atoms with E-state index in [2.05, 4.69) is 5.32 Å². The molecule has 0 bridgehead atoms. The number of rotatable bonds is 5. The van der Waals surface area contributed by atoms with Crippen molar-refractivity contribution < 1.29 is 14.5 Å². The summed E-state index contributed by atoms with van der Waals surface area (Å²) in [5.74, 6) is -0.130. The molecule has 0 unspecified atom stereocenters. The maximum absolute atomic E-state index is 12.1. The van der Waals surface area contributed by atoms with Crippen LogP contribution in [-0.2, 0) is 4.79 Å². The zero-order valence-corrected chi connectivity index (χ0v) is 13.3. The molecule has 0 aromatic heterocycles. The number of nitro benzene ring substituents is 1. The van der Waals surface area contributed by atoms with E-state index < -0.39 is 11.0 Å². The quantitative estimate of drug-likeness (QED) is 0.662. The number of amides is 1. The highest BCUT2D eigenvalue weighted by atomic mass is 35.5. The van der Waals surface area contributed by atoms with Gasteiger partial charge in [-0.05, 0) is 37.6 Å². The van der Waals surface area contributed by atoms with Crippen LogP contribution in [0, 0.1) is 17.0 Å². The molecule has 1 amide bonds. The number of hydrogen-bond donors (Lipinski definition) is 1. The largest absolute Gasteiger partial charge is 0.479 e. The van der Waals surface area contributed by atoms with Gasteiger partial charge in [-0.3, -0.25) is 14.9 Å². The molecule has 0 saturated heterocycles. The number of anilines is 1. The van der Waals surface area contributed by atoms with Crippen molar-refractivity contribution in [1.29, 1.82) is 0 Å². The van der Waals surface area contributed by atoms with Crippen molar-refractivity contribution >= 4 is 28.9 Å². The molecule has 0 saturated carbocycles. The molecule has 2 aromatic rings. The predicted molar refractivity (Wildman–Crippen MR) is 88.0 cm³/mol. The minimum absolute atomic E-state index is 0.0782. The second-order valence-corrected chi connectivity index (χ2v) is 5.40. The lowest BCUT2D eigenvalue weighted by Gasteiger charge is -2.15. The Morgan fingerprint density at radius 1 is 1.30 bits per heavy atom. The van der Waals surface area contributed by atoms with E-state index in [1.807, 2.05) is 25.1 Å². The Balaban J connectivity index is 2.05. The van der Waals surface area contributed by atoms with E-state index in [9.17, 15) is 14.9 Å². The fourth-order valence-electron chi connectivity index (χ4n) is 1.91. The third-order valence-corrected chi connectivity index (χ3v) is 3.38. The number of carbonyl (C=O) groups excluding carboxylic acids is 1. The van der Waals surface area contributed by atoms with Gasteiger partial charge in [0.1, 0.15) is 5.75 Å². The van der Waals surface area contributed by atoms with Gasteiger partial charge >= 0.3 is 0 Å². The van der Waals surface area contributed by atoms with Crippen LogP contribution in [0.2, 0.25) is 5.02 Å². The minimum Gasteiger partial charge on any atom is -0.479 e. The van der Waals surface area contributed by atoms with Crippen LogP contribution in [0.4, 0.5) is 11.4 Å². The third-order valence-electron chi connectivity index (χ3n) is 3.08. The number of ether oxygens (including phenoxy) is 1. The fraction of sp³-hybridized carbons (Fsp3) is 0.188. The minimum atomic E-state index is -0.811. The van der Waals surface area contributed by atoms with E-state index >= 15 is 0 Å². The SMILES string of the molecule is Cc1cccc(NC(=O)[C@@H](C)Oc2ccc([N+](=O)[O-])cc2Cl)c1. The zero-order valence-electron chi connectivity index (χ0n) is 12.6. The lowest BCUT2D eigenvalue weighted by molar-refractivity contribution is -0.384. The van der Waals surface area contributed by atoms with Crippen LogP contribution < -0.4 is 10.1 Å². The topological polar surface area (TPSA) is 81.5 Å². The van der Waals surface area contributed by atoms with Crippen molar-refractivity contribution in [3.8, 4) is 5.75 Å².